The summed E-state index contributed by atoms with van der Waals surface area (Å²) < 4.78 is 1.56. The lowest BCUT2D eigenvalue weighted by Crippen LogP contribution is -2.21. The van der Waals surface area contributed by atoms with Crippen molar-refractivity contribution in [2.24, 2.45) is 11.8 Å². The van der Waals surface area contributed by atoms with Crippen molar-refractivity contribution < 1.29 is 9.90 Å². The molecular weight excluding hydrogens is 278 g/mol. The van der Waals surface area contributed by atoms with E-state index < -0.39 is 5.97 Å². The highest BCUT2D eigenvalue weighted by Crippen LogP contribution is 2.30. The van der Waals surface area contributed by atoms with E-state index >= 15 is 0 Å². The van der Waals surface area contributed by atoms with Gasteiger partial charge in [-0.1, -0.05) is 44.4 Å². The number of aliphatic carboxylic acids is 1. The molecule has 1 saturated carbocycles. The Hall–Kier alpha value is -1.24. The maximum Gasteiger partial charge on any atom is 0.343 e. The first-order valence-corrected chi connectivity index (χ1v) is 8.04. The molecule has 112 valence electrons. The van der Waals surface area contributed by atoms with Gasteiger partial charge < -0.3 is 5.11 Å². The number of rotatable bonds is 6. The summed E-state index contributed by atoms with van der Waals surface area (Å²) in [6.07, 6.45) is 5.96. The van der Waals surface area contributed by atoms with Crippen LogP contribution in [0.15, 0.2) is 9.95 Å². The number of aromatic nitrogens is 3. The molecule has 6 nitrogen and oxygen atoms in total. The zero-order chi connectivity index (χ0) is 14.5. The first kappa shape index (κ1) is 15.2. The minimum absolute atomic E-state index is 0.0781. The van der Waals surface area contributed by atoms with E-state index in [0.29, 0.717) is 17.6 Å². The van der Waals surface area contributed by atoms with Gasteiger partial charge in [-0.15, -0.1) is 5.10 Å². The summed E-state index contributed by atoms with van der Waals surface area (Å²) in [6, 6.07) is 0. The molecule has 1 fully saturated rings. The molecule has 0 spiro atoms. The van der Waals surface area contributed by atoms with Crippen molar-refractivity contribution in [2.75, 3.05) is 5.75 Å². The zero-order valence-corrected chi connectivity index (χ0v) is 12.5. The minimum Gasteiger partial charge on any atom is -0.481 e. The average Bonchev–Trinajstić information content (AvgIpc) is 2.76. The Morgan fingerprint density at radius 2 is 2.15 bits per heavy atom. The molecule has 0 atom stereocenters. The first-order valence-electron chi connectivity index (χ1n) is 7.06. The number of carboxylic acids is 1. The predicted octanol–water partition coefficient (Wildman–Crippen LogP) is 1.96. The number of carboxylic acid groups (broad SMARTS) is 1. The van der Waals surface area contributed by atoms with E-state index in [1.54, 1.807) is 4.57 Å². The van der Waals surface area contributed by atoms with Crippen LogP contribution in [0.2, 0.25) is 0 Å². The molecule has 1 heterocycles. The standard InChI is InChI=1S/C13H21N3O3S/c1-9-2-4-10(5-3-9)6-7-16-12(19)14-15-13(16)20-8-11(17)18/h9-10H,2-8H2,1H3,(H,14,19)(H,17,18). The van der Waals surface area contributed by atoms with Crippen LogP contribution in [0.4, 0.5) is 0 Å². The number of hydrogen-bond donors (Lipinski definition) is 2. The molecule has 0 aromatic carbocycles. The quantitative estimate of drug-likeness (QED) is 0.784. The molecule has 0 saturated heterocycles. The summed E-state index contributed by atoms with van der Waals surface area (Å²) in [4.78, 5) is 22.3. The van der Waals surface area contributed by atoms with Gasteiger partial charge in [-0.25, -0.2) is 9.89 Å². The third-order valence-electron chi connectivity index (χ3n) is 3.94. The highest BCUT2D eigenvalue weighted by Gasteiger charge is 2.19. The van der Waals surface area contributed by atoms with E-state index in [-0.39, 0.29) is 11.4 Å². The van der Waals surface area contributed by atoms with Gasteiger partial charge in [0.1, 0.15) is 0 Å². The van der Waals surface area contributed by atoms with Crippen molar-refractivity contribution >= 4 is 17.7 Å². The van der Waals surface area contributed by atoms with Gasteiger partial charge >= 0.3 is 11.7 Å². The van der Waals surface area contributed by atoms with Crippen LogP contribution < -0.4 is 5.69 Å². The van der Waals surface area contributed by atoms with Gasteiger partial charge in [0.2, 0.25) is 0 Å². The number of carbonyl (C=O) groups is 1. The number of aromatic amines is 1. The Bertz CT molecular complexity index is 503. The number of nitrogens with one attached hydrogen (secondary N) is 1. The Kier molecular flexibility index (Phi) is 5.28. The normalized spacial score (nSPS) is 22.9. The molecule has 0 bridgehead atoms. The van der Waals surface area contributed by atoms with Crippen LogP contribution in [0.25, 0.3) is 0 Å². The van der Waals surface area contributed by atoms with Crippen LogP contribution in [0, 0.1) is 11.8 Å². The Labute approximate surface area is 122 Å². The van der Waals surface area contributed by atoms with Gasteiger partial charge in [-0.3, -0.25) is 9.36 Å². The molecule has 2 rings (SSSR count). The smallest absolute Gasteiger partial charge is 0.343 e. The fourth-order valence-corrected chi connectivity index (χ4v) is 3.36. The minimum atomic E-state index is -0.904. The largest absolute Gasteiger partial charge is 0.481 e. The summed E-state index contributed by atoms with van der Waals surface area (Å²) in [5.74, 6) is 0.513. The van der Waals surface area contributed by atoms with E-state index in [0.717, 1.165) is 24.1 Å². The summed E-state index contributed by atoms with van der Waals surface area (Å²) in [5.41, 5.74) is -0.248. The maximum atomic E-state index is 11.7. The fraction of sp³-hybridized carbons (Fsp3) is 0.769. The van der Waals surface area contributed by atoms with Gasteiger partial charge in [0.25, 0.3) is 0 Å². The predicted molar refractivity (Wildman–Crippen MR) is 76.9 cm³/mol. The highest BCUT2D eigenvalue weighted by molar-refractivity contribution is 7.99. The molecule has 0 aliphatic heterocycles. The monoisotopic (exact) mass is 299 g/mol. The van der Waals surface area contributed by atoms with Crippen molar-refractivity contribution in [2.45, 2.75) is 50.7 Å². The summed E-state index contributed by atoms with van der Waals surface area (Å²) >= 11 is 1.08. The van der Waals surface area contributed by atoms with Crippen LogP contribution in [0.3, 0.4) is 0 Å². The third kappa shape index (κ3) is 4.13. The van der Waals surface area contributed by atoms with E-state index in [4.69, 9.17) is 5.11 Å². The molecule has 1 aliphatic carbocycles. The van der Waals surface area contributed by atoms with Crippen LogP contribution in [0.5, 0.6) is 0 Å². The third-order valence-corrected chi connectivity index (χ3v) is 4.91. The number of thioether (sulfide) groups is 1. The summed E-state index contributed by atoms with van der Waals surface area (Å²) in [7, 11) is 0. The second-order valence-electron chi connectivity index (χ2n) is 5.56. The molecule has 0 unspecified atom stereocenters. The number of hydrogen-bond acceptors (Lipinski definition) is 4. The van der Waals surface area contributed by atoms with E-state index in [1.807, 2.05) is 0 Å². The van der Waals surface area contributed by atoms with Crippen LogP contribution in [-0.2, 0) is 11.3 Å². The van der Waals surface area contributed by atoms with Crippen molar-refractivity contribution in [3.05, 3.63) is 10.5 Å². The van der Waals surface area contributed by atoms with Crippen molar-refractivity contribution in [1.29, 1.82) is 0 Å². The molecule has 0 radical (unpaired) electrons. The Balaban J connectivity index is 1.90. The second-order valence-corrected chi connectivity index (χ2v) is 6.50. The molecule has 1 aromatic heterocycles. The van der Waals surface area contributed by atoms with Crippen LogP contribution in [0.1, 0.15) is 39.0 Å². The SMILES string of the molecule is CC1CCC(CCn2c(SCC(=O)O)n[nH]c2=O)CC1. The average molecular weight is 299 g/mol. The molecule has 2 N–H and O–H groups in total. The van der Waals surface area contributed by atoms with Gasteiger partial charge in [0.05, 0.1) is 5.75 Å². The molecule has 1 aliphatic rings. The summed E-state index contributed by atoms with van der Waals surface area (Å²) in [5, 5.41) is 15.4. The molecule has 0 amide bonds. The number of H-pyrrole nitrogens is 1. The van der Waals surface area contributed by atoms with E-state index in [1.165, 1.54) is 25.7 Å². The molecular formula is C13H21N3O3S. The van der Waals surface area contributed by atoms with E-state index in [2.05, 4.69) is 17.1 Å². The van der Waals surface area contributed by atoms with Crippen molar-refractivity contribution in [3.63, 3.8) is 0 Å². The lowest BCUT2D eigenvalue weighted by Gasteiger charge is -2.26. The van der Waals surface area contributed by atoms with E-state index in [9.17, 15) is 9.59 Å². The van der Waals surface area contributed by atoms with Crippen molar-refractivity contribution in [3.8, 4) is 0 Å². The van der Waals surface area contributed by atoms with Gasteiger partial charge in [-0.2, -0.15) is 0 Å². The maximum absolute atomic E-state index is 11.7. The topological polar surface area (TPSA) is 88.0 Å². The van der Waals surface area contributed by atoms with Crippen LogP contribution in [-0.4, -0.2) is 31.6 Å². The second kappa shape index (κ2) is 6.97. The Morgan fingerprint density at radius 1 is 1.45 bits per heavy atom. The fourth-order valence-electron chi connectivity index (χ4n) is 2.67. The Morgan fingerprint density at radius 3 is 2.80 bits per heavy atom. The summed E-state index contributed by atoms with van der Waals surface area (Å²) in [6.45, 7) is 2.91. The first-order chi connectivity index (χ1) is 9.56. The molecule has 7 heteroatoms. The van der Waals surface area contributed by atoms with Gasteiger partial charge in [-0.05, 0) is 18.3 Å². The van der Waals surface area contributed by atoms with Crippen LogP contribution >= 0.6 is 11.8 Å². The lowest BCUT2D eigenvalue weighted by molar-refractivity contribution is -0.133. The number of nitrogens with zero attached hydrogens (tertiary/aromatic N) is 2. The molecule has 1 aromatic rings. The highest BCUT2D eigenvalue weighted by atomic mass is 32.2. The van der Waals surface area contributed by atoms with Gasteiger partial charge in [0.15, 0.2) is 5.16 Å². The zero-order valence-electron chi connectivity index (χ0n) is 11.7. The molecule has 20 heavy (non-hydrogen) atoms. The lowest BCUT2D eigenvalue weighted by atomic mass is 9.81. The van der Waals surface area contributed by atoms with Crippen molar-refractivity contribution in [1.82, 2.24) is 14.8 Å². The van der Waals surface area contributed by atoms with Gasteiger partial charge in [0, 0.05) is 6.54 Å².